The molecule has 1 atom stereocenters. The summed E-state index contributed by atoms with van der Waals surface area (Å²) in [5.74, 6) is 0.212. The minimum atomic E-state index is -4.27. The minimum absolute atomic E-state index is 0.212. The lowest BCUT2D eigenvalue weighted by atomic mass is 9.96. The van der Waals surface area contributed by atoms with Crippen molar-refractivity contribution >= 4 is 0 Å². The van der Waals surface area contributed by atoms with Crippen molar-refractivity contribution < 1.29 is 13.2 Å². The Morgan fingerprint density at radius 3 is 2.71 bits per heavy atom. The molecule has 1 unspecified atom stereocenters. The summed E-state index contributed by atoms with van der Waals surface area (Å²) < 4.78 is 37.7. The van der Waals surface area contributed by atoms with E-state index in [1.807, 2.05) is 24.3 Å². The number of hydrogen-bond acceptors (Lipinski definition) is 1. The van der Waals surface area contributed by atoms with Crippen LogP contribution in [0.3, 0.4) is 0 Å². The van der Waals surface area contributed by atoms with Gasteiger partial charge in [-0.1, -0.05) is 24.3 Å². The third kappa shape index (κ3) is 1.64. The number of halogens is 3. The van der Waals surface area contributed by atoms with Crippen molar-refractivity contribution in [3.8, 4) is 0 Å². The molecule has 3 aliphatic rings. The van der Waals surface area contributed by atoms with Crippen LogP contribution in [0.15, 0.2) is 59.5 Å². The first kappa shape index (κ1) is 10.4. The van der Waals surface area contributed by atoms with Crippen molar-refractivity contribution in [3.63, 3.8) is 0 Å². The zero-order valence-electron chi connectivity index (χ0n) is 8.91. The van der Waals surface area contributed by atoms with Crippen LogP contribution in [0.25, 0.3) is 0 Å². The lowest BCUT2D eigenvalue weighted by Gasteiger charge is -2.22. The molecule has 0 saturated carbocycles. The van der Waals surface area contributed by atoms with Crippen molar-refractivity contribution in [3.05, 3.63) is 59.5 Å². The fourth-order valence-corrected chi connectivity index (χ4v) is 2.36. The highest BCUT2D eigenvalue weighted by Crippen LogP contribution is 2.38. The standard InChI is InChI=1S/C13H10F3N/c14-13(15,16)10-5-6-12-11-4-2-1-3-9(11)7-17(12)8-10/h1-6,8-9H,7H2. The Kier molecular flexibility index (Phi) is 2.08. The number of fused-ring (bicyclic) bond motifs is 2. The predicted molar refractivity (Wildman–Crippen MR) is 58.8 cm³/mol. The molecule has 0 aromatic heterocycles. The van der Waals surface area contributed by atoms with Crippen LogP contribution in [0.1, 0.15) is 0 Å². The Hall–Kier alpha value is -1.71. The van der Waals surface area contributed by atoms with Crippen LogP contribution in [0.5, 0.6) is 0 Å². The molecule has 0 amide bonds. The number of allylic oxidation sites excluding steroid dienone is 6. The molecule has 0 N–H and O–H groups in total. The van der Waals surface area contributed by atoms with E-state index >= 15 is 0 Å². The van der Waals surface area contributed by atoms with E-state index in [1.54, 1.807) is 11.0 Å². The molecule has 0 aromatic carbocycles. The van der Waals surface area contributed by atoms with Crippen molar-refractivity contribution in [2.75, 3.05) is 6.54 Å². The summed E-state index contributed by atoms with van der Waals surface area (Å²) in [6.07, 6.45) is 7.47. The number of alkyl halides is 3. The van der Waals surface area contributed by atoms with Crippen molar-refractivity contribution in [2.45, 2.75) is 6.18 Å². The highest BCUT2D eigenvalue weighted by molar-refractivity contribution is 5.49. The van der Waals surface area contributed by atoms with Gasteiger partial charge in [-0.3, -0.25) is 0 Å². The van der Waals surface area contributed by atoms with Gasteiger partial charge in [0.25, 0.3) is 0 Å². The summed E-state index contributed by atoms with van der Waals surface area (Å²) in [7, 11) is 0. The summed E-state index contributed by atoms with van der Waals surface area (Å²) in [6.45, 7) is 0.593. The van der Waals surface area contributed by atoms with E-state index in [0.717, 1.165) is 17.3 Å². The van der Waals surface area contributed by atoms with E-state index < -0.39 is 11.7 Å². The van der Waals surface area contributed by atoms with Crippen LogP contribution >= 0.6 is 0 Å². The van der Waals surface area contributed by atoms with E-state index in [-0.39, 0.29) is 5.92 Å². The number of rotatable bonds is 0. The second-order valence-electron chi connectivity index (χ2n) is 4.26. The fraction of sp³-hybridized carbons (Fsp3) is 0.231. The molecule has 0 bridgehead atoms. The first-order valence-electron chi connectivity index (χ1n) is 5.38. The topological polar surface area (TPSA) is 3.24 Å². The van der Waals surface area contributed by atoms with E-state index in [0.29, 0.717) is 6.54 Å². The lowest BCUT2D eigenvalue weighted by Crippen LogP contribution is -2.21. The molecule has 0 radical (unpaired) electrons. The molecule has 0 saturated heterocycles. The van der Waals surface area contributed by atoms with Gasteiger partial charge in [0.2, 0.25) is 0 Å². The molecule has 0 spiro atoms. The Bertz CT molecular complexity index is 503. The van der Waals surface area contributed by atoms with Crippen LogP contribution in [0.4, 0.5) is 13.2 Å². The fourth-order valence-electron chi connectivity index (χ4n) is 2.36. The van der Waals surface area contributed by atoms with Crippen LogP contribution in [0, 0.1) is 5.92 Å². The maximum Gasteiger partial charge on any atom is 0.417 e. The highest BCUT2D eigenvalue weighted by Gasteiger charge is 2.36. The van der Waals surface area contributed by atoms with Gasteiger partial charge in [-0.15, -0.1) is 0 Å². The SMILES string of the molecule is FC(F)(F)C1=CN2CC3C=CC=CC3=C2C=C1. The van der Waals surface area contributed by atoms with Gasteiger partial charge < -0.3 is 4.90 Å². The minimum Gasteiger partial charge on any atom is -0.346 e. The van der Waals surface area contributed by atoms with Crippen LogP contribution in [-0.4, -0.2) is 17.6 Å². The van der Waals surface area contributed by atoms with Crippen LogP contribution < -0.4 is 0 Å². The van der Waals surface area contributed by atoms with E-state index in [9.17, 15) is 13.2 Å². The zero-order valence-corrected chi connectivity index (χ0v) is 8.91. The van der Waals surface area contributed by atoms with E-state index in [4.69, 9.17) is 0 Å². The molecular formula is C13H10F3N. The average Bonchev–Trinajstić information content (AvgIpc) is 2.65. The second-order valence-corrected chi connectivity index (χ2v) is 4.26. The highest BCUT2D eigenvalue weighted by atomic mass is 19.4. The zero-order chi connectivity index (χ0) is 12.0. The maximum atomic E-state index is 12.6. The molecular weight excluding hydrogens is 227 g/mol. The molecule has 0 fully saturated rings. The molecule has 1 aliphatic carbocycles. The van der Waals surface area contributed by atoms with Gasteiger partial charge in [-0.05, 0) is 17.7 Å². The third-order valence-corrected chi connectivity index (χ3v) is 3.17. The maximum absolute atomic E-state index is 12.6. The van der Waals surface area contributed by atoms with Crippen molar-refractivity contribution in [2.24, 2.45) is 5.92 Å². The first-order valence-corrected chi connectivity index (χ1v) is 5.38. The normalized spacial score (nSPS) is 26.2. The Morgan fingerprint density at radius 1 is 1.12 bits per heavy atom. The van der Waals surface area contributed by atoms with Gasteiger partial charge in [0, 0.05) is 24.4 Å². The molecule has 2 heterocycles. The third-order valence-electron chi connectivity index (χ3n) is 3.17. The molecule has 88 valence electrons. The Labute approximate surface area is 96.9 Å². The monoisotopic (exact) mass is 237 g/mol. The first-order chi connectivity index (χ1) is 8.05. The molecule has 2 aliphatic heterocycles. The van der Waals surface area contributed by atoms with Crippen molar-refractivity contribution in [1.29, 1.82) is 0 Å². The summed E-state index contributed by atoms with van der Waals surface area (Å²) in [6, 6.07) is 0. The molecule has 3 rings (SSSR count). The summed E-state index contributed by atoms with van der Waals surface area (Å²) in [5.41, 5.74) is 1.39. The number of hydrogen-bond donors (Lipinski definition) is 0. The van der Waals surface area contributed by atoms with Gasteiger partial charge in [0.15, 0.2) is 0 Å². The van der Waals surface area contributed by atoms with Crippen LogP contribution in [-0.2, 0) is 0 Å². The van der Waals surface area contributed by atoms with Gasteiger partial charge in [0.1, 0.15) is 0 Å². The largest absolute Gasteiger partial charge is 0.417 e. The Balaban J connectivity index is 1.98. The van der Waals surface area contributed by atoms with E-state index in [2.05, 4.69) is 0 Å². The molecule has 0 aromatic rings. The van der Waals surface area contributed by atoms with Gasteiger partial charge >= 0.3 is 6.18 Å². The number of nitrogens with zero attached hydrogens (tertiary/aromatic N) is 1. The van der Waals surface area contributed by atoms with Gasteiger partial charge in [-0.25, -0.2) is 0 Å². The lowest BCUT2D eigenvalue weighted by molar-refractivity contribution is -0.0893. The summed E-state index contributed by atoms with van der Waals surface area (Å²) in [5, 5.41) is 0. The van der Waals surface area contributed by atoms with Gasteiger partial charge in [-0.2, -0.15) is 13.2 Å². The molecule has 17 heavy (non-hydrogen) atoms. The summed E-state index contributed by atoms with van der Waals surface area (Å²) >= 11 is 0. The quantitative estimate of drug-likeness (QED) is 0.624. The van der Waals surface area contributed by atoms with Crippen LogP contribution in [0.2, 0.25) is 0 Å². The smallest absolute Gasteiger partial charge is 0.346 e. The predicted octanol–water partition coefficient (Wildman–Crippen LogP) is 3.31. The summed E-state index contributed by atoms with van der Waals surface area (Å²) in [4.78, 5) is 1.68. The molecule has 1 nitrogen and oxygen atoms in total. The van der Waals surface area contributed by atoms with Gasteiger partial charge in [0.05, 0.1) is 5.57 Å². The second kappa shape index (κ2) is 3.39. The Morgan fingerprint density at radius 2 is 1.94 bits per heavy atom. The molecule has 4 heteroatoms. The van der Waals surface area contributed by atoms with Crippen molar-refractivity contribution in [1.82, 2.24) is 4.90 Å². The van der Waals surface area contributed by atoms with E-state index in [1.165, 1.54) is 6.20 Å². The average molecular weight is 237 g/mol.